The number of rotatable bonds is 7. The lowest BCUT2D eigenvalue weighted by molar-refractivity contribution is -0.116. The number of para-hydroxylation sites is 1. The van der Waals surface area contributed by atoms with Gasteiger partial charge in [-0.15, -0.1) is 0 Å². The van der Waals surface area contributed by atoms with Crippen molar-refractivity contribution in [2.45, 2.75) is 40.5 Å². The third-order valence-corrected chi connectivity index (χ3v) is 3.17. The van der Waals surface area contributed by atoms with Crippen molar-refractivity contribution in [1.29, 1.82) is 0 Å². The number of benzene rings is 1. The maximum Gasteiger partial charge on any atom is 0.225 e. The van der Waals surface area contributed by atoms with Gasteiger partial charge in [0, 0.05) is 18.7 Å². The Morgan fingerprint density at radius 3 is 2.37 bits per heavy atom. The Morgan fingerprint density at radius 2 is 1.79 bits per heavy atom. The van der Waals surface area contributed by atoms with Crippen LogP contribution >= 0.6 is 0 Å². The SMILES string of the molecule is Cc1cccc(C)c1NC(=O)CCNCCC(C)C. The fraction of sp³-hybridized carbons (Fsp3) is 0.562. The lowest BCUT2D eigenvalue weighted by atomic mass is 10.1. The normalized spacial score (nSPS) is 10.8. The first-order chi connectivity index (χ1) is 9.00. The van der Waals surface area contributed by atoms with Gasteiger partial charge in [-0.3, -0.25) is 4.79 Å². The minimum Gasteiger partial charge on any atom is -0.326 e. The summed E-state index contributed by atoms with van der Waals surface area (Å²) in [6, 6.07) is 6.04. The van der Waals surface area contributed by atoms with Crippen LogP contribution in [0.5, 0.6) is 0 Å². The first-order valence-electron chi connectivity index (χ1n) is 7.07. The van der Waals surface area contributed by atoms with Crippen LogP contribution in [0.3, 0.4) is 0 Å². The van der Waals surface area contributed by atoms with Crippen molar-refractivity contribution < 1.29 is 4.79 Å². The molecule has 3 nitrogen and oxygen atoms in total. The third kappa shape index (κ3) is 5.88. The maximum atomic E-state index is 11.9. The lowest BCUT2D eigenvalue weighted by Crippen LogP contribution is -2.23. The number of hydrogen-bond acceptors (Lipinski definition) is 2. The van der Waals surface area contributed by atoms with Crippen LogP contribution in [0, 0.1) is 19.8 Å². The van der Waals surface area contributed by atoms with Crippen LogP contribution in [0.15, 0.2) is 18.2 Å². The number of anilines is 1. The van der Waals surface area contributed by atoms with Gasteiger partial charge in [-0.2, -0.15) is 0 Å². The Hall–Kier alpha value is -1.35. The zero-order valence-corrected chi connectivity index (χ0v) is 12.5. The average molecular weight is 262 g/mol. The largest absolute Gasteiger partial charge is 0.326 e. The summed E-state index contributed by atoms with van der Waals surface area (Å²) in [6.07, 6.45) is 1.67. The van der Waals surface area contributed by atoms with Gasteiger partial charge in [0.25, 0.3) is 0 Å². The summed E-state index contributed by atoms with van der Waals surface area (Å²) in [5.74, 6) is 0.783. The Bertz CT molecular complexity index is 393. The molecule has 0 aliphatic heterocycles. The first kappa shape index (κ1) is 15.7. The van der Waals surface area contributed by atoms with Gasteiger partial charge in [0.05, 0.1) is 0 Å². The van der Waals surface area contributed by atoms with Crippen LogP contribution in [-0.4, -0.2) is 19.0 Å². The maximum absolute atomic E-state index is 11.9. The van der Waals surface area contributed by atoms with Gasteiger partial charge in [0.2, 0.25) is 5.91 Å². The molecule has 0 saturated heterocycles. The molecule has 0 spiro atoms. The summed E-state index contributed by atoms with van der Waals surface area (Å²) in [7, 11) is 0. The minimum absolute atomic E-state index is 0.0782. The highest BCUT2D eigenvalue weighted by Crippen LogP contribution is 2.19. The molecule has 1 rings (SSSR count). The van der Waals surface area contributed by atoms with Crippen molar-refractivity contribution in [3.05, 3.63) is 29.3 Å². The molecule has 0 aromatic heterocycles. The highest BCUT2D eigenvalue weighted by Gasteiger charge is 2.06. The smallest absolute Gasteiger partial charge is 0.225 e. The highest BCUT2D eigenvalue weighted by molar-refractivity contribution is 5.92. The van der Waals surface area contributed by atoms with E-state index in [1.165, 1.54) is 0 Å². The quantitative estimate of drug-likeness (QED) is 0.740. The van der Waals surface area contributed by atoms with E-state index in [4.69, 9.17) is 0 Å². The zero-order valence-electron chi connectivity index (χ0n) is 12.5. The van der Waals surface area contributed by atoms with E-state index in [9.17, 15) is 4.79 Å². The number of amides is 1. The topological polar surface area (TPSA) is 41.1 Å². The van der Waals surface area contributed by atoms with Gasteiger partial charge in [-0.1, -0.05) is 32.0 Å². The highest BCUT2D eigenvalue weighted by atomic mass is 16.1. The molecule has 1 aromatic carbocycles. The molecule has 0 aliphatic rings. The van der Waals surface area contributed by atoms with E-state index < -0.39 is 0 Å². The lowest BCUT2D eigenvalue weighted by Gasteiger charge is -2.12. The molecule has 3 heteroatoms. The predicted octanol–water partition coefficient (Wildman–Crippen LogP) is 3.27. The predicted molar refractivity (Wildman–Crippen MR) is 81.5 cm³/mol. The van der Waals surface area contributed by atoms with Gasteiger partial charge >= 0.3 is 0 Å². The molecular formula is C16H26N2O. The molecule has 106 valence electrons. The molecular weight excluding hydrogens is 236 g/mol. The van der Waals surface area contributed by atoms with Crippen molar-refractivity contribution in [2.75, 3.05) is 18.4 Å². The van der Waals surface area contributed by atoms with Crippen LogP contribution in [-0.2, 0) is 4.79 Å². The number of nitrogens with one attached hydrogen (secondary N) is 2. The summed E-state index contributed by atoms with van der Waals surface area (Å²) in [5, 5.41) is 6.30. The molecule has 2 N–H and O–H groups in total. The molecule has 0 unspecified atom stereocenters. The van der Waals surface area contributed by atoms with Crippen LogP contribution < -0.4 is 10.6 Å². The van der Waals surface area contributed by atoms with Gasteiger partial charge < -0.3 is 10.6 Å². The van der Waals surface area contributed by atoms with E-state index in [0.29, 0.717) is 12.3 Å². The number of carbonyl (C=O) groups excluding carboxylic acids is 1. The average Bonchev–Trinajstić information content (AvgIpc) is 2.33. The fourth-order valence-electron chi connectivity index (χ4n) is 1.93. The van der Waals surface area contributed by atoms with Crippen LogP contribution in [0.25, 0.3) is 0 Å². The Morgan fingerprint density at radius 1 is 1.16 bits per heavy atom. The molecule has 1 amide bonds. The Labute approximate surface area is 116 Å². The Balaban J connectivity index is 2.32. The number of hydrogen-bond donors (Lipinski definition) is 2. The second kappa shape index (κ2) is 7.95. The molecule has 0 saturated carbocycles. The van der Waals surface area contributed by atoms with Gasteiger partial charge in [-0.05, 0) is 43.9 Å². The summed E-state index contributed by atoms with van der Waals surface area (Å²) in [5.41, 5.74) is 3.18. The van der Waals surface area contributed by atoms with Gasteiger partial charge in [0.1, 0.15) is 0 Å². The summed E-state index contributed by atoms with van der Waals surface area (Å²) in [6.45, 7) is 10.2. The second-order valence-corrected chi connectivity index (χ2v) is 5.50. The minimum atomic E-state index is 0.0782. The first-order valence-corrected chi connectivity index (χ1v) is 7.07. The Kier molecular flexibility index (Phi) is 6.57. The van der Waals surface area contributed by atoms with Gasteiger partial charge in [-0.25, -0.2) is 0 Å². The zero-order chi connectivity index (χ0) is 14.3. The molecule has 0 bridgehead atoms. The second-order valence-electron chi connectivity index (χ2n) is 5.50. The molecule has 0 radical (unpaired) electrons. The van der Waals surface area contributed by atoms with Crippen molar-refractivity contribution in [2.24, 2.45) is 5.92 Å². The van der Waals surface area contributed by atoms with Gasteiger partial charge in [0.15, 0.2) is 0 Å². The van der Waals surface area contributed by atoms with Crippen LogP contribution in [0.4, 0.5) is 5.69 Å². The van der Waals surface area contributed by atoms with Crippen molar-refractivity contribution in [3.8, 4) is 0 Å². The van der Waals surface area contributed by atoms with E-state index in [1.54, 1.807) is 0 Å². The van der Waals surface area contributed by atoms with E-state index in [-0.39, 0.29) is 5.91 Å². The summed E-state index contributed by atoms with van der Waals surface area (Å²) >= 11 is 0. The molecule has 1 aromatic rings. The van der Waals surface area contributed by atoms with E-state index in [2.05, 4.69) is 24.5 Å². The molecule has 0 atom stereocenters. The summed E-state index contributed by atoms with van der Waals surface area (Å²) in [4.78, 5) is 11.9. The van der Waals surface area contributed by atoms with Crippen molar-refractivity contribution in [3.63, 3.8) is 0 Å². The summed E-state index contributed by atoms with van der Waals surface area (Å²) < 4.78 is 0. The molecule has 0 heterocycles. The molecule has 19 heavy (non-hydrogen) atoms. The van der Waals surface area contributed by atoms with E-state index in [1.807, 2.05) is 32.0 Å². The van der Waals surface area contributed by atoms with Crippen molar-refractivity contribution >= 4 is 11.6 Å². The fourth-order valence-corrected chi connectivity index (χ4v) is 1.93. The third-order valence-electron chi connectivity index (χ3n) is 3.17. The van der Waals surface area contributed by atoms with E-state index >= 15 is 0 Å². The molecule has 0 fully saturated rings. The monoisotopic (exact) mass is 262 g/mol. The van der Waals surface area contributed by atoms with Crippen molar-refractivity contribution in [1.82, 2.24) is 5.32 Å². The number of carbonyl (C=O) groups is 1. The number of aryl methyl sites for hydroxylation is 2. The van der Waals surface area contributed by atoms with Crippen LogP contribution in [0.1, 0.15) is 37.8 Å². The van der Waals surface area contributed by atoms with E-state index in [0.717, 1.165) is 36.3 Å². The standard InChI is InChI=1S/C16H26N2O/c1-12(2)8-10-17-11-9-15(19)18-16-13(3)6-5-7-14(16)4/h5-7,12,17H,8-11H2,1-4H3,(H,18,19). The molecule has 0 aliphatic carbocycles. The van der Waals surface area contributed by atoms with Crippen LogP contribution in [0.2, 0.25) is 0 Å².